The van der Waals surface area contributed by atoms with Crippen LogP contribution in [0.25, 0.3) is 22.4 Å². The second-order valence-corrected chi connectivity index (χ2v) is 5.00. The molecule has 0 bridgehead atoms. The van der Waals surface area contributed by atoms with Gasteiger partial charge < -0.3 is 9.51 Å². The maximum atomic E-state index is 5.44. The lowest BCUT2D eigenvalue weighted by atomic mass is 10.2. The molecule has 7 heteroatoms. The molecule has 0 unspecified atom stereocenters. The van der Waals surface area contributed by atoms with Gasteiger partial charge in [-0.3, -0.25) is 4.68 Å². The molecule has 0 aliphatic heterocycles. The second-order valence-electron chi connectivity index (χ2n) is 5.00. The summed E-state index contributed by atoms with van der Waals surface area (Å²) in [6, 6.07) is 7.67. The van der Waals surface area contributed by atoms with Crippen LogP contribution in [0.2, 0.25) is 0 Å². The van der Waals surface area contributed by atoms with Crippen molar-refractivity contribution in [1.82, 2.24) is 29.9 Å². The Morgan fingerprint density at radius 3 is 3.14 bits per heavy atom. The molecule has 0 saturated carbocycles. The Morgan fingerprint density at radius 2 is 2.32 bits per heavy atom. The van der Waals surface area contributed by atoms with E-state index >= 15 is 0 Å². The highest BCUT2D eigenvalue weighted by molar-refractivity contribution is 5.79. The number of fused-ring (bicyclic) bond motifs is 1. The molecule has 0 saturated heterocycles. The average molecular weight is 294 g/mol. The number of H-pyrrole nitrogens is 1. The summed E-state index contributed by atoms with van der Waals surface area (Å²) in [6.45, 7) is 2.06. The van der Waals surface area contributed by atoms with Crippen molar-refractivity contribution in [3.8, 4) is 11.4 Å². The fourth-order valence-corrected chi connectivity index (χ4v) is 2.50. The van der Waals surface area contributed by atoms with Gasteiger partial charge in [0.1, 0.15) is 6.04 Å². The van der Waals surface area contributed by atoms with Gasteiger partial charge in [0.2, 0.25) is 5.82 Å². The van der Waals surface area contributed by atoms with Crippen molar-refractivity contribution in [3.63, 3.8) is 0 Å². The minimum atomic E-state index is -0.0489. The summed E-state index contributed by atoms with van der Waals surface area (Å²) < 4.78 is 7.27. The highest BCUT2D eigenvalue weighted by Gasteiger charge is 2.20. The van der Waals surface area contributed by atoms with Crippen LogP contribution in [0.5, 0.6) is 0 Å². The number of nitrogens with one attached hydrogen (secondary N) is 1. The summed E-state index contributed by atoms with van der Waals surface area (Å²) in [5.41, 5.74) is 2.75. The van der Waals surface area contributed by atoms with E-state index in [4.69, 9.17) is 4.52 Å². The van der Waals surface area contributed by atoms with Gasteiger partial charge in [-0.2, -0.15) is 10.1 Å². The van der Waals surface area contributed by atoms with E-state index in [2.05, 4.69) is 32.1 Å². The molecule has 0 amide bonds. The summed E-state index contributed by atoms with van der Waals surface area (Å²) in [5, 5.41) is 8.35. The van der Waals surface area contributed by atoms with Crippen LogP contribution in [-0.2, 0) is 0 Å². The molecule has 3 heterocycles. The number of aromatic nitrogens is 6. The van der Waals surface area contributed by atoms with E-state index in [-0.39, 0.29) is 6.04 Å². The highest BCUT2D eigenvalue weighted by atomic mass is 16.5. The van der Waals surface area contributed by atoms with Crippen molar-refractivity contribution in [3.05, 3.63) is 48.9 Å². The summed E-state index contributed by atoms with van der Waals surface area (Å²) in [6.07, 6.45) is 6.13. The number of hydrogen-bond acceptors (Lipinski definition) is 5. The molecule has 7 nitrogen and oxygen atoms in total. The first-order valence-corrected chi connectivity index (χ1v) is 7.11. The Labute approximate surface area is 126 Å². The lowest BCUT2D eigenvalue weighted by Gasteiger charge is -2.09. The minimum absolute atomic E-state index is 0.0489. The molecule has 0 radical (unpaired) electrons. The molecule has 0 fully saturated rings. The fraction of sp³-hybridized carbons (Fsp3) is 0.200. The van der Waals surface area contributed by atoms with E-state index in [1.165, 1.54) is 0 Å². The van der Waals surface area contributed by atoms with E-state index in [9.17, 15) is 0 Å². The number of hydrogen-bond donors (Lipinski definition) is 1. The Kier molecular flexibility index (Phi) is 2.96. The van der Waals surface area contributed by atoms with Crippen LogP contribution in [-0.4, -0.2) is 29.9 Å². The van der Waals surface area contributed by atoms with Crippen molar-refractivity contribution in [1.29, 1.82) is 0 Å². The Balaban J connectivity index is 1.71. The maximum Gasteiger partial charge on any atom is 0.251 e. The molecule has 22 heavy (non-hydrogen) atoms. The quantitative estimate of drug-likeness (QED) is 0.625. The van der Waals surface area contributed by atoms with E-state index in [0.717, 1.165) is 23.0 Å². The van der Waals surface area contributed by atoms with Gasteiger partial charge in [-0.1, -0.05) is 12.1 Å². The van der Waals surface area contributed by atoms with Crippen LogP contribution >= 0.6 is 0 Å². The smallest absolute Gasteiger partial charge is 0.251 e. The van der Waals surface area contributed by atoms with Crippen molar-refractivity contribution < 1.29 is 4.52 Å². The van der Waals surface area contributed by atoms with E-state index < -0.39 is 0 Å². The zero-order valence-electron chi connectivity index (χ0n) is 12.0. The predicted octanol–water partition coefficient (Wildman–Crippen LogP) is 2.81. The van der Waals surface area contributed by atoms with Gasteiger partial charge in [-0.05, 0) is 30.7 Å². The standard InChI is InChI=1S/C15H14N6O/c1-2-13(21-7-3-6-18-21)15-19-14(20-22-15)10-4-5-11-12(8-10)17-9-16-11/h3-9,13H,2H2,1H3,(H,16,17)/t13-/m1/s1. The van der Waals surface area contributed by atoms with Gasteiger partial charge in [0, 0.05) is 18.0 Å². The summed E-state index contributed by atoms with van der Waals surface area (Å²) in [7, 11) is 0. The van der Waals surface area contributed by atoms with Crippen molar-refractivity contribution in [2.24, 2.45) is 0 Å². The largest absolute Gasteiger partial charge is 0.345 e. The molecule has 1 N–H and O–H groups in total. The summed E-state index contributed by atoms with van der Waals surface area (Å²) >= 11 is 0. The molecule has 0 aliphatic rings. The first-order valence-electron chi connectivity index (χ1n) is 7.11. The zero-order valence-corrected chi connectivity index (χ0v) is 12.0. The minimum Gasteiger partial charge on any atom is -0.345 e. The third kappa shape index (κ3) is 2.07. The fourth-order valence-electron chi connectivity index (χ4n) is 2.50. The van der Waals surface area contributed by atoms with Gasteiger partial charge in [0.15, 0.2) is 0 Å². The normalized spacial score (nSPS) is 12.8. The summed E-state index contributed by atoms with van der Waals surface area (Å²) in [5.74, 6) is 1.13. The first-order chi connectivity index (χ1) is 10.8. The molecule has 0 spiro atoms. The molecule has 0 aliphatic carbocycles. The van der Waals surface area contributed by atoms with E-state index in [0.29, 0.717) is 11.7 Å². The van der Waals surface area contributed by atoms with Crippen molar-refractivity contribution in [2.75, 3.05) is 0 Å². The SMILES string of the molecule is CC[C@H](c1nc(-c2ccc3nc[nH]c3c2)no1)n1cccn1. The van der Waals surface area contributed by atoms with Crippen LogP contribution in [0.15, 0.2) is 47.5 Å². The number of benzene rings is 1. The Morgan fingerprint density at radius 1 is 1.36 bits per heavy atom. The topological polar surface area (TPSA) is 85.4 Å². The van der Waals surface area contributed by atoms with Gasteiger partial charge in [0.25, 0.3) is 5.89 Å². The molecular weight excluding hydrogens is 280 g/mol. The van der Waals surface area contributed by atoms with Crippen LogP contribution in [0, 0.1) is 0 Å². The molecular formula is C15H14N6O. The van der Waals surface area contributed by atoms with Gasteiger partial charge in [0.05, 0.1) is 17.4 Å². The highest BCUT2D eigenvalue weighted by Crippen LogP contribution is 2.24. The number of aromatic amines is 1. The lowest BCUT2D eigenvalue weighted by molar-refractivity contribution is 0.321. The van der Waals surface area contributed by atoms with Crippen LogP contribution in [0.3, 0.4) is 0 Å². The number of rotatable bonds is 4. The van der Waals surface area contributed by atoms with E-state index in [1.54, 1.807) is 12.5 Å². The van der Waals surface area contributed by atoms with Crippen molar-refractivity contribution in [2.45, 2.75) is 19.4 Å². The lowest BCUT2D eigenvalue weighted by Crippen LogP contribution is -2.10. The van der Waals surface area contributed by atoms with Gasteiger partial charge in [-0.25, -0.2) is 4.98 Å². The van der Waals surface area contributed by atoms with E-state index in [1.807, 2.05) is 35.1 Å². The van der Waals surface area contributed by atoms with Crippen LogP contribution in [0.4, 0.5) is 0 Å². The second kappa shape index (κ2) is 5.10. The molecule has 4 rings (SSSR count). The Bertz CT molecular complexity index is 892. The molecule has 1 aromatic carbocycles. The average Bonchev–Trinajstić information content (AvgIpc) is 3.29. The van der Waals surface area contributed by atoms with Crippen molar-refractivity contribution >= 4 is 11.0 Å². The van der Waals surface area contributed by atoms with Crippen LogP contribution in [0.1, 0.15) is 25.3 Å². The van der Waals surface area contributed by atoms with Gasteiger partial charge >= 0.3 is 0 Å². The molecule has 4 aromatic rings. The maximum absolute atomic E-state index is 5.44. The number of imidazole rings is 1. The van der Waals surface area contributed by atoms with Crippen LogP contribution < -0.4 is 0 Å². The van der Waals surface area contributed by atoms with Gasteiger partial charge in [-0.15, -0.1) is 0 Å². The monoisotopic (exact) mass is 294 g/mol. The zero-order chi connectivity index (χ0) is 14.9. The predicted molar refractivity (Wildman–Crippen MR) is 80.0 cm³/mol. The number of nitrogens with zero attached hydrogens (tertiary/aromatic N) is 5. The molecule has 1 atom stereocenters. The third-order valence-electron chi connectivity index (χ3n) is 3.64. The summed E-state index contributed by atoms with van der Waals surface area (Å²) in [4.78, 5) is 11.8. The Hall–Kier alpha value is -2.96. The molecule has 3 aromatic heterocycles. The molecule has 110 valence electrons. The first kappa shape index (κ1) is 12.8. The third-order valence-corrected chi connectivity index (χ3v) is 3.64.